The minimum absolute atomic E-state index is 0.215. The molecule has 3 heterocycles. The quantitative estimate of drug-likeness (QED) is 0.651. The summed E-state index contributed by atoms with van der Waals surface area (Å²) in [6.45, 7) is 4.86. The molecule has 3 aromatic rings. The number of furan rings is 1. The SMILES string of the molecule is COc1cccc(N2CCN(Cc3ccc(C(=O)NCc4cccnc4)o3)CC2)c1. The van der Waals surface area contributed by atoms with Gasteiger partial charge >= 0.3 is 0 Å². The Bertz CT molecular complexity index is 965. The molecular formula is C23H26N4O3. The van der Waals surface area contributed by atoms with Gasteiger partial charge in [0, 0.05) is 56.9 Å². The molecule has 1 aliphatic heterocycles. The van der Waals surface area contributed by atoms with E-state index in [2.05, 4.69) is 32.2 Å². The molecule has 156 valence electrons. The Morgan fingerprint density at radius 2 is 2.00 bits per heavy atom. The lowest BCUT2D eigenvalue weighted by Crippen LogP contribution is -2.45. The van der Waals surface area contributed by atoms with Gasteiger partial charge in [-0.1, -0.05) is 12.1 Å². The van der Waals surface area contributed by atoms with E-state index >= 15 is 0 Å². The van der Waals surface area contributed by atoms with Crippen LogP contribution >= 0.6 is 0 Å². The number of nitrogens with one attached hydrogen (secondary N) is 1. The number of pyridine rings is 1. The predicted octanol–water partition coefficient (Wildman–Crippen LogP) is 2.94. The second-order valence-corrected chi connectivity index (χ2v) is 7.27. The first-order chi connectivity index (χ1) is 14.7. The number of amides is 1. The number of ether oxygens (including phenoxy) is 1. The minimum Gasteiger partial charge on any atom is -0.497 e. The monoisotopic (exact) mass is 406 g/mol. The molecule has 0 bridgehead atoms. The fourth-order valence-corrected chi connectivity index (χ4v) is 3.55. The fraction of sp³-hybridized carbons (Fsp3) is 0.304. The van der Waals surface area contributed by atoms with Gasteiger partial charge in [-0.2, -0.15) is 0 Å². The summed E-state index contributed by atoms with van der Waals surface area (Å²) in [4.78, 5) is 21.1. The summed E-state index contributed by atoms with van der Waals surface area (Å²) in [6.07, 6.45) is 3.44. The van der Waals surface area contributed by atoms with Crippen LogP contribution in [0.2, 0.25) is 0 Å². The number of carbonyl (C=O) groups is 1. The van der Waals surface area contributed by atoms with Crippen LogP contribution in [0.25, 0.3) is 0 Å². The third-order valence-corrected chi connectivity index (χ3v) is 5.23. The zero-order chi connectivity index (χ0) is 20.8. The molecule has 0 saturated carbocycles. The van der Waals surface area contributed by atoms with Gasteiger partial charge in [0.25, 0.3) is 5.91 Å². The highest BCUT2D eigenvalue weighted by atomic mass is 16.5. The Balaban J connectivity index is 1.26. The van der Waals surface area contributed by atoms with E-state index in [0.29, 0.717) is 18.8 Å². The van der Waals surface area contributed by atoms with Crippen molar-refractivity contribution in [1.82, 2.24) is 15.2 Å². The number of hydrogen-bond donors (Lipinski definition) is 1. The number of aromatic nitrogens is 1. The molecule has 7 nitrogen and oxygen atoms in total. The average Bonchev–Trinajstić information content (AvgIpc) is 3.27. The lowest BCUT2D eigenvalue weighted by Gasteiger charge is -2.35. The first-order valence-corrected chi connectivity index (χ1v) is 10.1. The zero-order valence-electron chi connectivity index (χ0n) is 17.1. The van der Waals surface area contributed by atoms with E-state index in [-0.39, 0.29) is 5.91 Å². The number of anilines is 1. The summed E-state index contributed by atoms with van der Waals surface area (Å²) in [6, 6.07) is 15.5. The van der Waals surface area contributed by atoms with Crippen LogP contribution in [0.3, 0.4) is 0 Å². The van der Waals surface area contributed by atoms with Crippen LogP contribution in [0.1, 0.15) is 21.9 Å². The van der Waals surface area contributed by atoms with E-state index in [9.17, 15) is 4.79 Å². The van der Waals surface area contributed by atoms with Gasteiger partial charge in [-0.3, -0.25) is 14.7 Å². The van der Waals surface area contributed by atoms with Gasteiger partial charge in [0.2, 0.25) is 0 Å². The van der Waals surface area contributed by atoms with Gasteiger partial charge in [-0.15, -0.1) is 0 Å². The van der Waals surface area contributed by atoms with Crippen molar-refractivity contribution in [1.29, 1.82) is 0 Å². The van der Waals surface area contributed by atoms with Crippen molar-refractivity contribution >= 4 is 11.6 Å². The van der Waals surface area contributed by atoms with Crippen LogP contribution < -0.4 is 15.0 Å². The molecule has 0 radical (unpaired) electrons. The lowest BCUT2D eigenvalue weighted by molar-refractivity contribution is 0.0919. The second kappa shape index (κ2) is 9.45. The van der Waals surface area contributed by atoms with Crippen molar-refractivity contribution in [3.8, 4) is 5.75 Å². The van der Waals surface area contributed by atoms with Gasteiger partial charge in [-0.25, -0.2) is 0 Å². The van der Waals surface area contributed by atoms with Gasteiger partial charge in [0.05, 0.1) is 13.7 Å². The molecule has 4 rings (SSSR count). The number of rotatable bonds is 7. The first kappa shape index (κ1) is 20.0. The van der Waals surface area contributed by atoms with Crippen molar-refractivity contribution in [3.63, 3.8) is 0 Å². The van der Waals surface area contributed by atoms with Crippen LogP contribution in [0, 0.1) is 0 Å². The summed E-state index contributed by atoms with van der Waals surface area (Å²) >= 11 is 0. The molecule has 1 aromatic carbocycles. The average molecular weight is 406 g/mol. The first-order valence-electron chi connectivity index (χ1n) is 10.1. The largest absolute Gasteiger partial charge is 0.497 e. The lowest BCUT2D eigenvalue weighted by atomic mass is 10.2. The maximum atomic E-state index is 12.3. The van der Waals surface area contributed by atoms with Crippen LogP contribution in [0.15, 0.2) is 65.3 Å². The summed E-state index contributed by atoms with van der Waals surface area (Å²) in [7, 11) is 1.69. The summed E-state index contributed by atoms with van der Waals surface area (Å²) in [5.41, 5.74) is 2.13. The van der Waals surface area contributed by atoms with Gasteiger partial charge < -0.3 is 19.4 Å². The third kappa shape index (κ3) is 4.99. The topological polar surface area (TPSA) is 70.8 Å². The second-order valence-electron chi connectivity index (χ2n) is 7.27. The Hall–Kier alpha value is -3.32. The van der Waals surface area contributed by atoms with E-state index in [1.54, 1.807) is 25.6 Å². The third-order valence-electron chi connectivity index (χ3n) is 5.23. The van der Waals surface area contributed by atoms with Crippen LogP contribution in [-0.4, -0.2) is 49.1 Å². The summed E-state index contributed by atoms with van der Waals surface area (Å²) in [5, 5.41) is 2.86. The van der Waals surface area contributed by atoms with Crippen molar-refractivity contribution in [3.05, 3.63) is 78.0 Å². The molecule has 1 amide bonds. The minimum atomic E-state index is -0.215. The Kier molecular flexibility index (Phi) is 6.29. The van der Waals surface area contributed by atoms with Gasteiger partial charge in [-0.05, 0) is 35.9 Å². The smallest absolute Gasteiger partial charge is 0.287 e. The van der Waals surface area contributed by atoms with E-state index in [1.807, 2.05) is 30.3 Å². The zero-order valence-corrected chi connectivity index (χ0v) is 17.1. The molecular weight excluding hydrogens is 380 g/mol. The molecule has 0 spiro atoms. The summed E-state index contributed by atoms with van der Waals surface area (Å²) < 4.78 is 11.1. The highest BCUT2D eigenvalue weighted by Gasteiger charge is 2.19. The van der Waals surface area contributed by atoms with Crippen molar-refractivity contribution in [2.75, 3.05) is 38.2 Å². The van der Waals surface area contributed by atoms with Crippen LogP contribution in [-0.2, 0) is 13.1 Å². The van der Waals surface area contributed by atoms with Crippen LogP contribution in [0.5, 0.6) is 5.75 Å². The molecule has 1 aliphatic rings. The van der Waals surface area contributed by atoms with Crippen molar-refractivity contribution < 1.29 is 13.9 Å². The van der Waals surface area contributed by atoms with E-state index in [0.717, 1.165) is 43.3 Å². The van der Waals surface area contributed by atoms with Gasteiger partial charge in [0.15, 0.2) is 5.76 Å². The number of methoxy groups -OCH3 is 1. The molecule has 1 saturated heterocycles. The standard InChI is InChI=1S/C23H26N4O3/c1-29-20-6-2-5-19(14-20)27-12-10-26(11-13-27)17-21-7-8-22(30-21)23(28)25-16-18-4-3-9-24-15-18/h2-9,14-15H,10-13,16-17H2,1H3,(H,25,28). The molecule has 0 aliphatic carbocycles. The number of benzene rings is 1. The fourth-order valence-electron chi connectivity index (χ4n) is 3.55. The number of piperazine rings is 1. The van der Waals surface area contributed by atoms with E-state index in [4.69, 9.17) is 9.15 Å². The highest BCUT2D eigenvalue weighted by Crippen LogP contribution is 2.22. The van der Waals surface area contributed by atoms with E-state index in [1.165, 1.54) is 5.69 Å². The van der Waals surface area contributed by atoms with Crippen LogP contribution in [0.4, 0.5) is 5.69 Å². The van der Waals surface area contributed by atoms with Crippen molar-refractivity contribution in [2.45, 2.75) is 13.1 Å². The molecule has 7 heteroatoms. The molecule has 30 heavy (non-hydrogen) atoms. The predicted molar refractivity (Wildman–Crippen MR) is 115 cm³/mol. The van der Waals surface area contributed by atoms with E-state index < -0.39 is 0 Å². The highest BCUT2D eigenvalue weighted by molar-refractivity contribution is 5.91. The normalized spacial score (nSPS) is 14.5. The number of hydrogen-bond acceptors (Lipinski definition) is 6. The molecule has 2 aromatic heterocycles. The molecule has 0 atom stereocenters. The molecule has 1 N–H and O–H groups in total. The number of carbonyl (C=O) groups excluding carboxylic acids is 1. The number of nitrogens with zero attached hydrogens (tertiary/aromatic N) is 3. The molecule has 0 unspecified atom stereocenters. The van der Waals surface area contributed by atoms with Crippen molar-refractivity contribution in [2.24, 2.45) is 0 Å². The Morgan fingerprint density at radius 3 is 2.77 bits per heavy atom. The summed E-state index contributed by atoms with van der Waals surface area (Å²) in [5.74, 6) is 1.80. The maximum absolute atomic E-state index is 12.3. The van der Waals surface area contributed by atoms with Gasteiger partial charge in [0.1, 0.15) is 11.5 Å². The molecule has 1 fully saturated rings. The Morgan fingerprint density at radius 1 is 1.13 bits per heavy atom. The Labute approximate surface area is 176 Å². The maximum Gasteiger partial charge on any atom is 0.287 e.